The van der Waals surface area contributed by atoms with Gasteiger partial charge in [-0.1, -0.05) is 13.8 Å². The van der Waals surface area contributed by atoms with Gasteiger partial charge in [-0.25, -0.2) is 0 Å². The summed E-state index contributed by atoms with van der Waals surface area (Å²) in [5.41, 5.74) is 1.70. The van der Waals surface area contributed by atoms with Crippen molar-refractivity contribution in [3.63, 3.8) is 0 Å². The third-order valence-electron chi connectivity index (χ3n) is 3.32. The van der Waals surface area contributed by atoms with E-state index in [0.29, 0.717) is 11.6 Å². The van der Waals surface area contributed by atoms with E-state index in [1.54, 1.807) is 4.68 Å². The molecule has 0 radical (unpaired) electrons. The fraction of sp³-hybridized carbons (Fsp3) is 0.692. The topological polar surface area (TPSA) is 38.1 Å². The van der Waals surface area contributed by atoms with Crippen molar-refractivity contribution in [2.24, 2.45) is 7.05 Å². The van der Waals surface area contributed by atoms with Crippen LogP contribution >= 0.6 is 0 Å². The van der Waals surface area contributed by atoms with Gasteiger partial charge in [0.05, 0.1) is 0 Å². The summed E-state index contributed by atoms with van der Waals surface area (Å²) in [7, 11) is 1.87. The van der Waals surface area contributed by atoms with Crippen LogP contribution in [0.2, 0.25) is 0 Å². The Balaban J connectivity index is 2.23. The Morgan fingerprint density at radius 3 is 2.53 bits per heavy atom. The molecule has 1 aromatic rings. The fourth-order valence-corrected chi connectivity index (χ4v) is 2.34. The maximum atomic E-state index is 12.4. The number of likely N-dealkylation sites (tertiary alicyclic amines) is 1. The summed E-state index contributed by atoms with van der Waals surface area (Å²) >= 11 is 0. The van der Waals surface area contributed by atoms with Crippen molar-refractivity contribution in [1.29, 1.82) is 0 Å². The largest absolute Gasteiger partial charge is 0.337 e. The number of amides is 1. The van der Waals surface area contributed by atoms with Gasteiger partial charge in [0.15, 0.2) is 5.69 Å². The minimum Gasteiger partial charge on any atom is -0.337 e. The van der Waals surface area contributed by atoms with Gasteiger partial charge in [0.1, 0.15) is 0 Å². The average Bonchev–Trinajstić information content (AvgIpc) is 2.72. The molecule has 4 heteroatoms. The summed E-state index contributed by atoms with van der Waals surface area (Å²) in [4.78, 5) is 14.3. The molecule has 1 saturated heterocycles. The Kier molecular flexibility index (Phi) is 3.50. The zero-order valence-corrected chi connectivity index (χ0v) is 10.9. The molecule has 4 nitrogen and oxygen atoms in total. The molecule has 1 fully saturated rings. The first-order chi connectivity index (χ1) is 8.09. The Bertz CT molecular complexity index is 403. The number of piperidine rings is 1. The van der Waals surface area contributed by atoms with E-state index in [-0.39, 0.29) is 5.91 Å². The second-order valence-corrected chi connectivity index (χ2v) is 5.11. The van der Waals surface area contributed by atoms with Crippen LogP contribution in [0.25, 0.3) is 0 Å². The molecule has 94 valence electrons. The van der Waals surface area contributed by atoms with Gasteiger partial charge in [-0.15, -0.1) is 0 Å². The normalized spacial score (nSPS) is 16.6. The number of rotatable bonds is 2. The van der Waals surface area contributed by atoms with Crippen LogP contribution < -0.4 is 0 Å². The van der Waals surface area contributed by atoms with E-state index in [1.807, 2.05) is 18.1 Å². The van der Waals surface area contributed by atoms with Crippen LogP contribution in [-0.4, -0.2) is 33.7 Å². The van der Waals surface area contributed by atoms with Crippen LogP contribution in [-0.2, 0) is 7.05 Å². The second kappa shape index (κ2) is 4.90. The van der Waals surface area contributed by atoms with Crippen molar-refractivity contribution in [2.75, 3.05) is 13.1 Å². The van der Waals surface area contributed by atoms with Crippen LogP contribution in [0.1, 0.15) is 55.1 Å². The molecule has 0 saturated carbocycles. The van der Waals surface area contributed by atoms with Crippen LogP contribution in [0, 0.1) is 0 Å². The van der Waals surface area contributed by atoms with Crippen molar-refractivity contribution >= 4 is 5.91 Å². The van der Waals surface area contributed by atoms with Gasteiger partial charge >= 0.3 is 0 Å². The minimum atomic E-state index is 0.106. The molecule has 0 spiro atoms. The number of carbonyl (C=O) groups is 1. The van der Waals surface area contributed by atoms with E-state index in [4.69, 9.17) is 0 Å². The third-order valence-corrected chi connectivity index (χ3v) is 3.32. The zero-order valence-electron chi connectivity index (χ0n) is 10.9. The van der Waals surface area contributed by atoms with Gasteiger partial charge in [0.25, 0.3) is 5.91 Å². The van der Waals surface area contributed by atoms with Crippen LogP contribution in [0.5, 0.6) is 0 Å². The molecule has 2 rings (SSSR count). The minimum absolute atomic E-state index is 0.106. The molecule has 0 bridgehead atoms. The van der Waals surface area contributed by atoms with Gasteiger partial charge in [-0.05, 0) is 25.2 Å². The lowest BCUT2D eigenvalue weighted by molar-refractivity contribution is 0.0716. The summed E-state index contributed by atoms with van der Waals surface area (Å²) < 4.78 is 1.74. The lowest BCUT2D eigenvalue weighted by atomic mass is 10.0. The number of hydrogen-bond acceptors (Lipinski definition) is 2. The molecule has 0 N–H and O–H groups in total. The molecule has 2 heterocycles. The predicted molar refractivity (Wildman–Crippen MR) is 67.1 cm³/mol. The smallest absolute Gasteiger partial charge is 0.274 e. The van der Waals surface area contributed by atoms with E-state index in [2.05, 4.69) is 18.9 Å². The molecule has 17 heavy (non-hydrogen) atoms. The highest BCUT2D eigenvalue weighted by Crippen LogP contribution is 2.21. The molecule has 0 atom stereocenters. The van der Waals surface area contributed by atoms with Gasteiger partial charge in [-0.2, -0.15) is 5.10 Å². The lowest BCUT2D eigenvalue weighted by Crippen LogP contribution is -2.36. The SMILES string of the molecule is CC(C)c1cn(C)nc1C(=O)N1CCCCC1. The second-order valence-electron chi connectivity index (χ2n) is 5.11. The average molecular weight is 235 g/mol. The highest BCUT2D eigenvalue weighted by atomic mass is 16.2. The summed E-state index contributed by atoms with van der Waals surface area (Å²) in [6.45, 7) is 5.97. The van der Waals surface area contributed by atoms with Crippen LogP contribution in [0.15, 0.2) is 6.20 Å². The third kappa shape index (κ3) is 2.51. The van der Waals surface area contributed by atoms with Crippen molar-refractivity contribution in [3.05, 3.63) is 17.5 Å². The first kappa shape index (κ1) is 12.1. The number of nitrogens with zero attached hydrogens (tertiary/aromatic N) is 3. The van der Waals surface area contributed by atoms with Gasteiger partial charge in [0.2, 0.25) is 0 Å². The predicted octanol–water partition coefficient (Wildman–Crippen LogP) is 2.17. The first-order valence-electron chi connectivity index (χ1n) is 6.42. The molecule has 1 aliphatic rings. The lowest BCUT2D eigenvalue weighted by Gasteiger charge is -2.26. The number of hydrogen-bond donors (Lipinski definition) is 0. The summed E-state index contributed by atoms with van der Waals surface area (Å²) in [5, 5.41) is 4.33. The number of aromatic nitrogens is 2. The Morgan fingerprint density at radius 2 is 1.94 bits per heavy atom. The molecule has 0 aliphatic carbocycles. The quantitative estimate of drug-likeness (QED) is 0.788. The zero-order chi connectivity index (χ0) is 12.4. The molecule has 1 aliphatic heterocycles. The standard InChI is InChI=1S/C13H21N3O/c1-10(2)11-9-15(3)14-12(11)13(17)16-7-5-4-6-8-16/h9-10H,4-8H2,1-3H3. The van der Waals surface area contributed by atoms with Crippen molar-refractivity contribution in [3.8, 4) is 0 Å². The van der Waals surface area contributed by atoms with E-state index >= 15 is 0 Å². The summed E-state index contributed by atoms with van der Waals surface area (Å²) in [6.07, 6.45) is 5.44. The number of carbonyl (C=O) groups excluding carboxylic acids is 1. The maximum absolute atomic E-state index is 12.4. The fourth-order valence-electron chi connectivity index (χ4n) is 2.34. The van der Waals surface area contributed by atoms with Crippen molar-refractivity contribution < 1.29 is 4.79 Å². The first-order valence-corrected chi connectivity index (χ1v) is 6.42. The van der Waals surface area contributed by atoms with Gasteiger partial charge in [-0.3, -0.25) is 9.48 Å². The van der Waals surface area contributed by atoms with Gasteiger partial charge in [0, 0.05) is 31.9 Å². The molecular weight excluding hydrogens is 214 g/mol. The maximum Gasteiger partial charge on any atom is 0.274 e. The van der Waals surface area contributed by atoms with E-state index in [0.717, 1.165) is 31.5 Å². The molecule has 0 unspecified atom stereocenters. The molecular formula is C13H21N3O. The van der Waals surface area contributed by atoms with Crippen LogP contribution in [0.3, 0.4) is 0 Å². The van der Waals surface area contributed by atoms with E-state index in [9.17, 15) is 4.79 Å². The Morgan fingerprint density at radius 1 is 1.29 bits per heavy atom. The molecule has 1 aromatic heterocycles. The summed E-state index contributed by atoms with van der Waals surface area (Å²) in [5.74, 6) is 0.446. The Labute approximate surface area is 103 Å². The molecule has 0 aromatic carbocycles. The van der Waals surface area contributed by atoms with Crippen LogP contribution in [0.4, 0.5) is 0 Å². The summed E-state index contributed by atoms with van der Waals surface area (Å²) in [6, 6.07) is 0. The monoisotopic (exact) mass is 235 g/mol. The van der Waals surface area contributed by atoms with Gasteiger partial charge < -0.3 is 4.90 Å². The van der Waals surface area contributed by atoms with Crippen molar-refractivity contribution in [2.45, 2.75) is 39.0 Å². The highest BCUT2D eigenvalue weighted by molar-refractivity contribution is 5.93. The molecule has 1 amide bonds. The van der Waals surface area contributed by atoms with E-state index < -0.39 is 0 Å². The number of aryl methyl sites for hydroxylation is 1. The van der Waals surface area contributed by atoms with Crippen molar-refractivity contribution in [1.82, 2.24) is 14.7 Å². The van der Waals surface area contributed by atoms with E-state index in [1.165, 1.54) is 6.42 Å². The highest BCUT2D eigenvalue weighted by Gasteiger charge is 2.24. The Hall–Kier alpha value is -1.32.